The largest absolute Gasteiger partial charge is 0.393 e. The number of aliphatic hydroxyl groups is 1. The smallest absolute Gasteiger partial charge is 0.236 e. The zero-order chi connectivity index (χ0) is 12.4. The van der Waals surface area contributed by atoms with E-state index in [0.29, 0.717) is 13.0 Å². The first-order chi connectivity index (χ1) is 7.61. The molecule has 0 bridgehead atoms. The van der Waals surface area contributed by atoms with Gasteiger partial charge in [-0.1, -0.05) is 20.3 Å². The zero-order valence-electron chi connectivity index (χ0n) is 10.8. The molecule has 4 nitrogen and oxygen atoms in total. The number of carbonyl (C=O) groups is 1. The highest BCUT2D eigenvalue weighted by atomic mass is 16.3. The molecular formula is C12H26N2O2. The van der Waals surface area contributed by atoms with Gasteiger partial charge in [0.25, 0.3) is 0 Å². The summed E-state index contributed by atoms with van der Waals surface area (Å²) in [4.78, 5) is 11.5. The van der Waals surface area contributed by atoms with E-state index in [4.69, 9.17) is 0 Å². The molecule has 0 rings (SSSR count). The SMILES string of the molecule is CCCCNC(=O)C(C)NCCC(O)CC. The van der Waals surface area contributed by atoms with Gasteiger partial charge in [0.1, 0.15) is 0 Å². The molecule has 0 aliphatic heterocycles. The highest BCUT2D eigenvalue weighted by Crippen LogP contribution is 1.95. The van der Waals surface area contributed by atoms with E-state index in [1.807, 2.05) is 13.8 Å². The van der Waals surface area contributed by atoms with Crippen molar-refractivity contribution in [2.75, 3.05) is 13.1 Å². The van der Waals surface area contributed by atoms with Crippen LogP contribution in [0.2, 0.25) is 0 Å². The topological polar surface area (TPSA) is 61.4 Å². The van der Waals surface area contributed by atoms with Crippen LogP contribution in [0.3, 0.4) is 0 Å². The number of hydrogen-bond acceptors (Lipinski definition) is 3. The fourth-order valence-electron chi connectivity index (χ4n) is 1.30. The Kier molecular flexibility index (Phi) is 9.24. The molecule has 0 saturated carbocycles. The van der Waals surface area contributed by atoms with Gasteiger partial charge in [0.2, 0.25) is 5.91 Å². The van der Waals surface area contributed by atoms with Crippen LogP contribution < -0.4 is 10.6 Å². The third-order valence-electron chi connectivity index (χ3n) is 2.62. The van der Waals surface area contributed by atoms with Gasteiger partial charge in [-0.3, -0.25) is 4.79 Å². The summed E-state index contributed by atoms with van der Waals surface area (Å²) >= 11 is 0. The van der Waals surface area contributed by atoms with E-state index in [9.17, 15) is 9.90 Å². The van der Waals surface area contributed by atoms with Gasteiger partial charge in [-0.15, -0.1) is 0 Å². The molecule has 0 radical (unpaired) electrons. The van der Waals surface area contributed by atoms with Crippen molar-refractivity contribution in [1.29, 1.82) is 0 Å². The lowest BCUT2D eigenvalue weighted by molar-refractivity contribution is -0.122. The first-order valence-electron chi connectivity index (χ1n) is 6.30. The molecule has 0 aromatic heterocycles. The van der Waals surface area contributed by atoms with E-state index in [-0.39, 0.29) is 18.1 Å². The maximum Gasteiger partial charge on any atom is 0.236 e. The summed E-state index contributed by atoms with van der Waals surface area (Å²) in [6.45, 7) is 7.32. The van der Waals surface area contributed by atoms with Gasteiger partial charge < -0.3 is 15.7 Å². The van der Waals surface area contributed by atoms with Gasteiger partial charge in [-0.2, -0.15) is 0 Å². The fraction of sp³-hybridized carbons (Fsp3) is 0.917. The van der Waals surface area contributed by atoms with Crippen molar-refractivity contribution >= 4 is 5.91 Å². The van der Waals surface area contributed by atoms with Crippen LogP contribution in [0.15, 0.2) is 0 Å². The van der Waals surface area contributed by atoms with Crippen molar-refractivity contribution in [3.8, 4) is 0 Å². The summed E-state index contributed by atoms with van der Waals surface area (Å²) in [6, 6.07) is -0.180. The van der Waals surface area contributed by atoms with Gasteiger partial charge >= 0.3 is 0 Å². The Bertz CT molecular complexity index is 186. The average Bonchev–Trinajstić information content (AvgIpc) is 2.28. The fourth-order valence-corrected chi connectivity index (χ4v) is 1.30. The quantitative estimate of drug-likeness (QED) is 0.519. The molecule has 0 aliphatic rings. The number of carbonyl (C=O) groups excluding carboxylic acids is 1. The van der Waals surface area contributed by atoms with Crippen molar-refractivity contribution < 1.29 is 9.90 Å². The predicted octanol–water partition coefficient (Wildman–Crippen LogP) is 1.04. The van der Waals surface area contributed by atoms with Crippen LogP contribution in [-0.2, 0) is 4.79 Å². The molecule has 2 unspecified atom stereocenters. The van der Waals surface area contributed by atoms with Gasteiger partial charge in [0, 0.05) is 6.54 Å². The van der Waals surface area contributed by atoms with Crippen LogP contribution >= 0.6 is 0 Å². The normalized spacial score (nSPS) is 14.5. The highest BCUT2D eigenvalue weighted by Gasteiger charge is 2.11. The molecule has 0 heterocycles. The van der Waals surface area contributed by atoms with Crippen LogP contribution in [0.5, 0.6) is 0 Å². The Morgan fingerprint density at radius 3 is 2.56 bits per heavy atom. The molecule has 4 heteroatoms. The number of hydrogen-bond donors (Lipinski definition) is 3. The molecule has 96 valence electrons. The van der Waals surface area contributed by atoms with Crippen LogP contribution in [0.1, 0.15) is 46.5 Å². The van der Waals surface area contributed by atoms with E-state index in [0.717, 1.165) is 25.8 Å². The lowest BCUT2D eigenvalue weighted by Crippen LogP contribution is -2.43. The molecule has 1 amide bonds. The average molecular weight is 230 g/mol. The summed E-state index contributed by atoms with van der Waals surface area (Å²) < 4.78 is 0. The van der Waals surface area contributed by atoms with Gasteiger partial charge in [0.15, 0.2) is 0 Å². The Morgan fingerprint density at radius 2 is 2.00 bits per heavy atom. The Labute approximate surface area is 98.8 Å². The van der Waals surface area contributed by atoms with Crippen molar-refractivity contribution in [2.24, 2.45) is 0 Å². The summed E-state index contributed by atoms with van der Waals surface area (Å²) in [5.74, 6) is 0.0411. The Hall–Kier alpha value is -0.610. The van der Waals surface area contributed by atoms with Crippen molar-refractivity contribution in [2.45, 2.75) is 58.6 Å². The first-order valence-corrected chi connectivity index (χ1v) is 6.30. The molecule has 3 N–H and O–H groups in total. The van der Waals surface area contributed by atoms with E-state index < -0.39 is 0 Å². The number of amides is 1. The molecule has 0 aliphatic carbocycles. The van der Waals surface area contributed by atoms with Crippen molar-refractivity contribution in [3.63, 3.8) is 0 Å². The summed E-state index contributed by atoms with van der Waals surface area (Å²) in [5, 5.41) is 15.3. The minimum atomic E-state index is -0.261. The Balaban J connectivity index is 3.55. The van der Waals surface area contributed by atoms with Crippen molar-refractivity contribution in [3.05, 3.63) is 0 Å². The van der Waals surface area contributed by atoms with Gasteiger partial charge in [-0.25, -0.2) is 0 Å². The number of nitrogens with one attached hydrogen (secondary N) is 2. The van der Waals surface area contributed by atoms with E-state index >= 15 is 0 Å². The molecule has 0 fully saturated rings. The van der Waals surface area contributed by atoms with Crippen molar-refractivity contribution in [1.82, 2.24) is 10.6 Å². The van der Waals surface area contributed by atoms with Gasteiger partial charge in [-0.05, 0) is 32.7 Å². The van der Waals surface area contributed by atoms with Crippen LogP contribution in [0.4, 0.5) is 0 Å². The van der Waals surface area contributed by atoms with Crippen LogP contribution in [0, 0.1) is 0 Å². The predicted molar refractivity (Wildman–Crippen MR) is 66.3 cm³/mol. The lowest BCUT2D eigenvalue weighted by atomic mass is 10.2. The summed E-state index contributed by atoms with van der Waals surface area (Å²) in [5.41, 5.74) is 0. The molecule has 0 aromatic rings. The zero-order valence-corrected chi connectivity index (χ0v) is 10.8. The van der Waals surface area contributed by atoms with E-state index in [2.05, 4.69) is 17.6 Å². The van der Waals surface area contributed by atoms with E-state index in [1.54, 1.807) is 0 Å². The second-order valence-corrected chi connectivity index (χ2v) is 4.17. The molecule has 0 aromatic carbocycles. The molecule has 2 atom stereocenters. The van der Waals surface area contributed by atoms with Crippen LogP contribution in [-0.4, -0.2) is 36.2 Å². The molecule has 0 spiro atoms. The molecular weight excluding hydrogens is 204 g/mol. The summed E-state index contributed by atoms with van der Waals surface area (Å²) in [7, 11) is 0. The maximum atomic E-state index is 11.5. The highest BCUT2D eigenvalue weighted by molar-refractivity contribution is 5.81. The summed E-state index contributed by atoms with van der Waals surface area (Å²) in [6.07, 6.45) is 3.31. The standard InChI is InChI=1S/C12H26N2O2/c1-4-6-8-14-12(16)10(3)13-9-7-11(15)5-2/h10-11,13,15H,4-9H2,1-3H3,(H,14,16). The first kappa shape index (κ1) is 15.4. The minimum Gasteiger partial charge on any atom is -0.393 e. The van der Waals surface area contributed by atoms with E-state index in [1.165, 1.54) is 0 Å². The molecule has 16 heavy (non-hydrogen) atoms. The monoisotopic (exact) mass is 230 g/mol. The third kappa shape index (κ3) is 7.65. The molecule has 0 saturated heterocycles. The second kappa shape index (κ2) is 9.60. The van der Waals surface area contributed by atoms with Gasteiger partial charge in [0.05, 0.1) is 12.1 Å². The third-order valence-corrected chi connectivity index (χ3v) is 2.62. The Morgan fingerprint density at radius 1 is 1.31 bits per heavy atom. The second-order valence-electron chi connectivity index (χ2n) is 4.17. The number of rotatable bonds is 9. The van der Waals surface area contributed by atoms with Crippen LogP contribution in [0.25, 0.3) is 0 Å². The maximum absolute atomic E-state index is 11.5. The minimum absolute atomic E-state index is 0.0411. The number of unbranched alkanes of at least 4 members (excludes halogenated alkanes) is 1. The lowest BCUT2D eigenvalue weighted by Gasteiger charge is -2.15. The number of aliphatic hydroxyl groups excluding tert-OH is 1.